The molecule has 13 heavy (non-hydrogen) atoms. The first kappa shape index (κ1) is 10.5. The molecule has 1 rings (SSSR count). The smallest absolute Gasteiger partial charge is 0.109 e. The largest absolute Gasteiger partial charge is 0.297 e. The van der Waals surface area contributed by atoms with Crippen molar-refractivity contribution in [1.29, 1.82) is 5.26 Å². The third kappa shape index (κ3) is 1.86. The van der Waals surface area contributed by atoms with Gasteiger partial charge in [-0.25, -0.2) is 0 Å². The quantitative estimate of drug-likeness (QED) is 0.721. The fourth-order valence-electron chi connectivity index (χ4n) is 1.62. The molecule has 2 atom stereocenters. The van der Waals surface area contributed by atoms with Gasteiger partial charge >= 0.3 is 0 Å². The molecule has 0 heterocycles. The van der Waals surface area contributed by atoms with Gasteiger partial charge in [-0.15, -0.1) is 0 Å². The second-order valence-electron chi connectivity index (χ2n) is 4.75. The van der Waals surface area contributed by atoms with E-state index in [1.165, 1.54) is 12.8 Å². The summed E-state index contributed by atoms with van der Waals surface area (Å²) in [6.07, 6.45) is 3.44. The van der Waals surface area contributed by atoms with Crippen molar-refractivity contribution in [2.75, 3.05) is 0 Å². The Labute approximate surface area is 81.3 Å². The number of hydrogen-bond acceptors (Lipinski definition) is 2. The van der Waals surface area contributed by atoms with Crippen LogP contribution in [-0.4, -0.2) is 11.6 Å². The summed E-state index contributed by atoms with van der Waals surface area (Å²) in [6.45, 7) is 8.52. The van der Waals surface area contributed by atoms with Gasteiger partial charge in [0.25, 0.3) is 0 Å². The molecule has 0 aromatic carbocycles. The SMILES string of the molecule is CCC(C)NC(C)(C#N)C1(C)CC1. The van der Waals surface area contributed by atoms with Crippen molar-refractivity contribution < 1.29 is 0 Å². The summed E-state index contributed by atoms with van der Waals surface area (Å²) >= 11 is 0. The normalized spacial score (nSPS) is 25.8. The summed E-state index contributed by atoms with van der Waals surface area (Å²) in [5.74, 6) is 0. The van der Waals surface area contributed by atoms with Gasteiger partial charge in [0, 0.05) is 6.04 Å². The van der Waals surface area contributed by atoms with Crippen molar-refractivity contribution in [3.8, 4) is 6.07 Å². The molecule has 0 aromatic heterocycles. The maximum Gasteiger partial charge on any atom is 0.109 e. The van der Waals surface area contributed by atoms with Gasteiger partial charge in [0.15, 0.2) is 0 Å². The van der Waals surface area contributed by atoms with Crippen molar-refractivity contribution in [2.45, 2.75) is 58.5 Å². The average molecular weight is 180 g/mol. The lowest BCUT2D eigenvalue weighted by Crippen LogP contribution is -2.51. The highest BCUT2D eigenvalue weighted by molar-refractivity contribution is 5.19. The molecular weight excluding hydrogens is 160 g/mol. The predicted molar refractivity (Wildman–Crippen MR) is 54.2 cm³/mol. The van der Waals surface area contributed by atoms with E-state index in [1.54, 1.807) is 0 Å². The first-order valence-corrected chi connectivity index (χ1v) is 5.16. The molecule has 2 unspecified atom stereocenters. The van der Waals surface area contributed by atoms with Gasteiger partial charge in [-0.2, -0.15) is 5.26 Å². The van der Waals surface area contributed by atoms with Crippen LogP contribution in [0.25, 0.3) is 0 Å². The van der Waals surface area contributed by atoms with E-state index in [9.17, 15) is 5.26 Å². The number of nitriles is 1. The topological polar surface area (TPSA) is 35.8 Å². The van der Waals surface area contributed by atoms with Crippen LogP contribution in [0.4, 0.5) is 0 Å². The first-order chi connectivity index (χ1) is 5.97. The summed E-state index contributed by atoms with van der Waals surface area (Å²) in [5, 5.41) is 12.6. The second-order valence-corrected chi connectivity index (χ2v) is 4.75. The van der Waals surface area contributed by atoms with Crippen molar-refractivity contribution in [3.63, 3.8) is 0 Å². The minimum atomic E-state index is -0.331. The lowest BCUT2D eigenvalue weighted by Gasteiger charge is -2.33. The Morgan fingerprint density at radius 3 is 2.46 bits per heavy atom. The number of nitrogens with one attached hydrogen (secondary N) is 1. The van der Waals surface area contributed by atoms with Crippen LogP contribution in [0.3, 0.4) is 0 Å². The summed E-state index contributed by atoms with van der Waals surface area (Å²) in [4.78, 5) is 0. The third-order valence-electron chi connectivity index (χ3n) is 3.58. The maximum absolute atomic E-state index is 9.19. The number of nitrogens with zero attached hydrogens (tertiary/aromatic N) is 1. The highest BCUT2D eigenvalue weighted by Crippen LogP contribution is 2.53. The molecule has 0 aliphatic heterocycles. The fraction of sp³-hybridized carbons (Fsp3) is 0.909. The highest BCUT2D eigenvalue weighted by Gasteiger charge is 2.53. The Morgan fingerprint density at radius 2 is 2.15 bits per heavy atom. The molecule has 1 aliphatic rings. The molecule has 1 fully saturated rings. The van der Waals surface area contributed by atoms with E-state index >= 15 is 0 Å². The van der Waals surface area contributed by atoms with Crippen LogP contribution in [0.2, 0.25) is 0 Å². The van der Waals surface area contributed by atoms with Crippen LogP contribution < -0.4 is 5.32 Å². The molecular formula is C11H20N2. The summed E-state index contributed by atoms with van der Waals surface area (Å²) in [6, 6.07) is 2.87. The maximum atomic E-state index is 9.19. The molecule has 0 amide bonds. The Bertz CT molecular complexity index is 225. The molecule has 0 bridgehead atoms. The molecule has 1 saturated carbocycles. The molecule has 2 nitrogen and oxygen atoms in total. The van der Waals surface area contributed by atoms with Gasteiger partial charge in [0.1, 0.15) is 5.54 Å². The van der Waals surface area contributed by atoms with Gasteiger partial charge in [-0.3, -0.25) is 5.32 Å². The Kier molecular flexibility index (Phi) is 2.68. The zero-order chi connectivity index (χ0) is 10.1. The zero-order valence-corrected chi connectivity index (χ0v) is 9.15. The van der Waals surface area contributed by atoms with E-state index in [-0.39, 0.29) is 11.0 Å². The van der Waals surface area contributed by atoms with Crippen LogP contribution in [0.5, 0.6) is 0 Å². The van der Waals surface area contributed by atoms with E-state index in [4.69, 9.17) is 0 Å². The zero-order valence-electron chi connectivity index (χ0n) is 9.15. The van der Waals surface area contributed by atoms with Crippen LogP contribution >= 0.6 is 0 Å². The van der Waals surface area contributed by atoms with Crippen LogP contribution in [0.1, 0.15) is 47.0 Å². The summed E-state index contributed by atoms with van der Waals surface area (Å²) in [7, 11) is 0. The van der Waals surface area contributed by atoms with Crippen LogP contribution in [0.15, 0.2) is 0 Å². The summed E-state index contributed by atoms with van der Waals surface area (Å²) in [5.41, 5.74) is -0.117. The highest BCUT2D eigenvalue weighted by atomic mass is 15.0. The van der Waals surface area contributed by atoms with Crippen LogP contribution in [0, 0.1) is 16.7 Å². The Balaban J connectivity index is 2.66. The van der Waals surface area contributed by atoms with Crippen molar-refractivity contribution in [2.24, 2.45) is 5.41 Å². The van der Waals surface area contributed by atoms with Crippen molar-refractivity contribution in [1.82, 2.24) is 5.32 Å². The third-order valence-corrected chi connectivity index (χ3v) is 3.58. The molecule has 0 aromatic rings. The number of hydrogen-bond donors (Lipinski definition) is 1. The van der Waals surface area contributed by atoms with E-state index < -0.39 is 0 Å². The molecule has 2 heteroatoms. The van der Waals surface area contributed by atoms with E-state index in [1.807, 2.05) is 6.92 Å². The van der Waals surface area contributed by atoms with E-state index in [0.29, 0.717) is 6.04 Å². The Hall–Kier alpha value is -0.550. The van der Waals surface area contributed by atoms with Gasteiger partial charge in [-0.1, -0.05) is 13.8 Å². The molecule has 0 radical (unpaired) electrons. The lowest BCUT2D eigenvalue weighted by atomic mass is 9.84. The van der Waals surface area contributed by atoms with Crippen molar-refractivity contribution >= 4 is 0 Å². The van der Waals surface area contributed by atoms with Crippen LogP contribution in [-0.2, 0) is 0 Å². The monoisotopic (exact) mass is 180 g/mol. The Morgan fingerprint density at radius 1 is 1.62 bits per heavy atom. The van der Waals surface area contributed by atoms with E-state index in [0.717, 1.165) is 6.42 Å². The number of rotatable bonds is 4. The van der Waals surface area contributed by atoms with Gasteiger partial charge in [0.2, 0.25) is 0 Å². The minimum Gasteiger partial charge on any atom is -0.297 e. The molecule has 0 spiro atoms. The standard InChI is InChI=1S/C11H20N2/c1-5-9(2)13-11(4,8-12)10(3)6-7-10/h9,13H,5-7H2,1-4H3. The average Bonchev–Trinajstić information content (AvgIpc) is 2.84. The van der Waals surface area contributed by atoms with Gasteiger partial charge in [-0.05, 0) is 38.5 Å². The minimum absolute atomic E-state index is 0.213. The molecule has 0 saturated heterocycles. The second kappa shape index (κ2) is 3.31. The fourth-order valence-corrected chi connectivity index (χ4v) is 1.62. The summed E-state index contributed by atoms with van der Waals surface area (Å²) < 4.78 is 0. The van der Waals surface area contributed by atoms with E-state index in [2.05, 4.69) is 32.2 Å². The van der Waals surface area contributed by atoms with Gasteiger partial charge < -0.3 is 0 Å². The lowest BCUT2D eigenvalue weighted by molar-refractivity contribution is 0.267. The molecule has 1 aliphatic carbocycles. The predicted octanol–water partition coefficient (Wildman–Crippen LogP) is 2.46. The molecule has 74 valence electrons. The van der Waals surface area contributed by atoms with Crippen molar-refractivity contribution in [3.05, 3.63) is 0 Å². The van der Waals surface area contributed by atoms with Gasteiger partial charge in [0.05, 0.1) is 6.07 Å². The first-order valence-electron chi connectivity index (χ1n) is 5.16. The molecule has 1 N–H and O–H groups in total.